The van der Waals surface area contributed by atoms with Gasteiger partial charge < -0.3 is 9.80 Å². The number of rotatable bonds is 4. The topological polar surface area (TPSA) is 95.4 Å². The smallest absolute Gasteiger partial charge is 0.293 e. The quantitative estimate of drug-likeness (QED) is 0.393. The summed E-state index contributed by atoms with van der Waals surface area (Å²) in [4.78, 5) is 28.0. The number of hydrogen-bond donors (Lipinski definition) is 1. The molecule has 0 atom stereocenters. The van der Waals surface area contributed by atoms with E-state index >= 15 is 0 Å². The molecule has 1 fully saturated rings. The molecule has 0 radical (unpaired) electrons. The highest BCUT2D eigenvalue weighted by molar-refractivity contribution is 5.94. The van der Waals surface area contributed by atoms with Gasteiger partial charge in [-0.15, -0.1) is 0 Å². The van der Waals surface area contributed by atoms with Crippen LogP contribution in [-0.4, -0.2) is 41.3 Å². The second-order valence-electron chi connectivity index (χ2n) is 7.72. The molecular formula is C24H21N5O3. The summed E-state index contributed by atoms with van der Waals surface area (Å²) >= 11 is 0. The number of fused-ring (bicyclic) bond motifs is 1. The molecule has 2 heterocycles. The van der Waals surface area contributed by atoms with E-state index in [1.807, 2.05) is 30.3 Å². The Morgan fingerprint density at radius 3 is 2.22 bits per heavy atom. The molecule has 0 aliphatic carbocycles. The summed E-state index contributed by atoms with van der Waals surface area (Å²) in [5.74, 6) is 0. The van der Waals surface area contributed by atoms with Gasteiger partial charge in [0.2, 0.25) is 0 Å². The molecule has 0 amide bonds. The summed E-state index contributed by atoms with van der Waals surface area (Å²) < 4.78 is 0. The van der Waals surface area contributed by atoms with Crippen molar-refractivity contribution in [2.45, 2.75) is 0 Å². The van der Waals surface area contributed by atoms with Crippen molar-refractivity contribution in [2.75, 3.05) is 36.0 Å². The second-order valence-corrected chi connectivity index (χ2v) is 7.72. The second kappa shape index (κ2) is 8.14. The first kappa shape index (κ1) is 19.7. The Labute approximate surface area is 183 Å². The normalized spacial score (nSPS) is 14.0. The SMILES string of the molecule is O=c1[nH]nc(-c2ccc(N3CCN(c4ccccc4)CC3)c([N+](=O)[O-])c2)c2ccccc12. The van der Waals surface area contributed by atoms with Crippen LogP contribution in [0, 0.1) is 10.1 Å². The van der Waals surface area contributed by atoms with Crippen LogP contribution < -0.4 is 15.4 Å². The van der Waals surface area contributed by atoms with Crippen molar-refractivity contribution in [3.05, 3.63) is 93.3 Å². The zero-order chi connectivity index (χ0) is 22.1. The monoisotopic (exact) mass is 427 g/mol. The standard InChI is InChI=1S/C24H21N5O3/c30-24-20-9-5-4-8-19(20)23(25-26-24)17-10-11-21(22(16-17)29(31)32)28-14-12-27(13-15-28)18-6-2-1-3-7-18/h1-11,16H,12-15H2,(H,26,30). The van der Waals surface area contributed by atoms with E-state index in [2.05, 4.69) is 32.1 Å². The summed E-state index contributed by atoms with van der Waals surface area (Å²) in [6.45, 7) is 2.95. The Kier molecular flexibility index (Phi) is 5.03. The largest absolute Gasteiger partial charge is 0.368 e. The summed E-state index contributed by atoms with van der Waals surface area (Å²) in [6, 6.07) is 22.5. The maximum atomic E-state index is 12.1. The van der Waals surface area contributed by atoms with Crippen molar-refractivity contribution in [2.24, 2.45) is 0 Å². The van der Waals surface area contributed by atoms with E-state index in [0.29, 0.717) is 40.8 Å². The van der Waals surface area contributed by atoms with Crippen molar-refractivity contribution in [3.63, 3.8) is 0 Å². The summed E-state index contributed by atoms with van der Waals surface area (Å²) in [6.07, 6.45) is 0. The maximum Gasteiger partial charge on any atom is 0.293 e. The first-order chi connectivity index (χ1) is 15.6. The van der Waals surface area contributed by atoms with Gasteiger partial charge in [-0.3, -0.25) is 14.9 Å². The van der Waals surface area contributed by atoms with E-state index in [1.165, 1.54) is 0 Å². The van der Waals surface area contributed by atoms with Crippen LogP contribution in [0.3, 0.4) is 0 Å². The number of aromatic amines is 1. The van der Waals surface area contributed by atoms with Gasteiger partial charge >= 0.3 is 0 Å². The average molecular weight is 427 g/mol. The summed E-state index contributed by atoms with van der Waals surface area (Å²) in [5.41, 5.74) is 2.62. The lowest BCUT2D eigenvalue weighted by atomic mass is 10.0. The molecule has 1 N–H and O–H groups in total. The van der Waals surface area contributed by atoms with Crippen LogP contribution in [-0.2, 0) is 0 Å². The summed E-state index contributed by atoms with van der Waals surface area (Å²) in [7, 11) is 0. The van der Waals surface area contributed by atoms with Crippen LogP contribution in [0.15, 0.2) is 77.6 Å². The third-order valence-corrected chi connectivity index (χ3v) is 5.88. The number of aromatic nitrogens is 2. The van der Waals surface area contributed by atoms with Gasteiger partial charge in [-0.1, -0.05) is 42.5 Å². The van der Waals surface area contributed by atoms with Gasteiger partial charge in [-0.2, -0.15) is 5.10 Å². The Balaban J connectivity index is 1.47. The Morgan fingerprint density at radius 1 is 0.844 bits per heavy atom. The molecule has 160 valence electrons. The molecule has 8 heteroatoms. The minimum atomic E-state index is -0.351. The van der Waals surface area contributed by atoms with Gasteiger partial charge in [-0.05, 0) is 24.3 Å². The number of para-hydroxylation sites is 1. The van der Waals surface area contributed by atoms with Crippen LogP contribution >= 0.6 is 0 Å². The molecule has 32 heavy (non-hydrogen) atoms. The van der Waals surface area contributed by atoms with Crippen molar-refractivity contribution < 1.29 is 4.92 Å². The van der Waals surface area contributed by atoms with Crippen LogP contribution in [0.1, 0.15) is 0 Å². The van der Waals surface area contributed by atoms with E-state index in [4.69, 9.17) is 0 Å². The fourth-order valence-corrected chi connectivity index (χ4v) is 4.26. The predicted molar refractivity (Wildman–Crippen MR) is 125 cm³/mol. The minimum absolute atomic E-state index is 0.0349. The van der Waals surface area contributed by atoms with Crippen LogP contribution in [0.5, 0.6) is 0 Å². The first-order valence-corrected chi connectivity index (χ1v) is 10.4. The molecule has 0 spiro atoms. The Hall–Kier alpha value is -4.20. The van der Waals surface area contributed by atoms with Gasteiger partial charge in [0.15, 0.2) is 0 Å². The maximum absolute atomic E-state index is 12.1. The van der Waals surface area contributed by atoms with E-state index in [9.17, 15) is 14.9 Å². The first-order valence-electron chi connectivity index (χ1n) is 10.4. The molecule has 1 aliphatic rings. The Bertz CT molecular complexity index is 1340. The molecule has 1 aliphatic heterocycles. The van der Waals surface area contributed by atoms with Crippen molar-refractivity contribution in [3.8, 4) is 11.3 Å². The van der Waals surface area contributed by atoms with E-state index in [1.54, 1.807) is 30.3 Å². The number of benzene rings is 3. The van der Waals surface area contributed by atoms with Crippen LogP contribution in [0.2, 0.25) is 0 Å². The number of nitrogens with zero attached hydrogens (tertiary/aromatic N) is 4. The number of hydrogen-bond acceptors (Lipinski definition) is 6. The third-order valence-electron chi connectivity index (χ3n) is 5.88. The van der Waals surface area contributed by atoms with Gasteiger partial charge in [-0.25, -0.2) is 5.10 Å². The fraction of sp³-hybridized carbons (Fsp3) is 0.167. The molecule has 1 saturated heterocycles. The average Bonchev–Trinajstić information content (AvgIpc) is 2.85. The van der Waals surface area contributed by atoms with E-state index in [0.717, 1.165) is 18.8 Å². The molecule has 1 aromatic heterocycles. The molecule has 3 aromatic carbocycles. The fourth-order valence-electron chi connectivity index (χ4n) is 4.26. The van der Waals surface area contributed by atoms with Crippen LogP contribution in [0.4, 0.5) is 17.1 Å². The summed E-state index contributed by atoms with van der Waals surface area (Å²) in [5, 5.41) is 19.8. The minimum Gasteiger partial charge on any atom is -0.368 e. The van der Waals surface area contributed by atoms with Crippen molar-refractivity contribution >= 4 is 27.8 Å². The van der Waals surface area contributed by atoms with Crippen molar-refractivity contribution in [1.82, 2.24) is 10.2 Å². The van der Waals surface area contributed by atoms with Gasteiger partial charge in [0.25, 0.3) is 11.2 Å². The molecule has 5 rings (SSSR count). The Morgan fingerprint density at radius 2 is 1.50 bits per heavy atom. The van der Waals surface area contributed by atoms with Gasteiger partial charge in [0, 0.05) is 48.9 Å². The van der Waals surface area contributed by atoms with E-state index < -0.39 is 0 Å². The van der Waals surface area contributed by atoms with Crippen molar-refractivity contribution in [1.29, 1.82) is 0 Å². The number of nitro benzene ring substituents is 1. The molecule has 4 aromatic rings. The zero-order valence-corrected chi connectivity index (χ0v) is 17.3. The van der Waals surface area contributed by atoms with Gasteiger partial charge in [0.05, 0.1) is 16.0 Å². The predicted octanol–water partition coefficient (Wildman–Crippen LogP) is 3.82. The molecule has 0 saturated carbocycles. The number of nitro groups is 1. The highest BCUT2D eigenvalue weighted by Gasteiger charge is 2.25. The van der Waals surface area contributed by atoms with E-state index in [-0.39, 0.29) is 16.2 Å². The van der Waals surface area contributed by atoms with Gasteiger partial charge in [0.1, 0.15) is 5.69 Å². The molecule has 8 nitrogen and oxygen atoms in total. The van der Waals surface area contributed by atoms with Crippen LogP contribution in [0.25, 0.3) is 22.0 Å². The highest BCUT2D eigenvalue weighted by Crippen LogP contribution is 2.35. The lowest BCUT2D eigenvalue weighted by molar-refractivity contribution is -0.384. The molecular weight excluding hydrogens is 406 g/mol. The lowest BCUT2D eigenvalue weighted by Gasteiger charge is -2.37. The zero-order valence-electron chi connectivity index (χ0n) is 17.3. The number of anilines is 2. The highest BCUT2D eigenvalue weighted by atomic mass is 16.6. The number of piperazine rings is 1. The molecule has 0 unspecified atom stereocenters. The third kappa shape index (κ3) is 3.56. The lowest BCUT2D eigenvalue weighted by Crippen LogP contribution is -2.46. The molecule has 0 bridgehead atoms. The number of nitrogens with one attached hydrogen (secondary N) is 1. The number of H-pyrrole nitrogens is 1.